The summed E-state index contributed by atoms with van der Waals surface area (Å²) >= 11 is 6.06. The first-order valence-corrected chi connectivity index (χ1v) is 6.09. The van der Waals surface area contributed by atoms with Crippen molar-refractivity contribution in [1.82, 2.24) is 0 Å². The number of hydrogen-bond acceptors (Lipinski definition) is 3. The summed E-state index contributed by atoms with van der Waals surface area (Å²) < 4.78 is 11.0. The van der Waals surface area contributed by atoms with E-state index in [4.69, 9.17) is 21.1 Å². The Morgan fingerprint density at radius 3 is 2.63 bits per heavy atom. The minimum absolute atomic E-state index is 0.335. The van der Waals surface area contributed by atoms with Crippen molar-refractivity contribution in [3.63, 3.8) is 0 Å². The summed E-state index contributed by atoms with van der Waals surface area (Å²) in [5, 5.41) is 0.382. The lowest BCUT2D eigenvalue weighted by atomic mass is 10.2. The molecule has 0 unspecified atom stereocenters. The summed E-state index contributed by atoms with van der Waals surface area (Å²) in [4.78, 5) is 11.0. The summed E-state index contributed by atoms with van der Waals surface area (Å²) in [7, 11) is 1.56. The van der Waals surface area contributed by atoms with Gasteiger partial charge in [-0.05, 0) is 36.8 Å². The van der Waals surface area contributed by atoms with E-state index in [-0.39, 0.29) is 0 Å². The average Bonchev–Trinajstić information content (AvgIpc) is 2.42. The summed E-state index contributed by atoms with van der Waals surface area (Å²) in [6.45, 7) is 1.96. The molecule has 0 aliphatic rings. The molecule has 0 bridgehead atoms. The molecule has 0 heterocycles. The van der Waals surface area contributed by atoms with E-state index in [2.05, 4.69) is 0 Å². The lowest BCUT2D eigenvalue weighted by Crippen LogP contribution is -1.94. The molecule has 0 N–H and O–H groups in total. The van der Waals surface area contributed by atoms with Gasteiger partial charge in [-0.25, -0.2) is 0 Å². The van der Waals surface area contributed by atoms with E-state index in [1.165, 1.54) is 0 Å². The zero-order chi connectivity index (χ0) is 13.8. The molecular formula is C15H13ClO3. The Hall–Kier alpha value is -2.00. The zero-order valence-electron chi connectivity index (χ0n) is 10.6. The molecule has 2 rings (SSSR count). The monoisotopic (exact) mass is 276 g/mol. The van der Waals surface area contributed by atoms with Gasteiger partial charge in [-0.2, -0.15) is 0 Å². The molecule has 0 aliphatic carbocycles. The van der Waals surface area contributed by atoms with Gasteiger partial charge in [0, 0.05) is 0 Å². The van der Waals surface area contributed by atoms with Gasteiger partial charge in [-0.15, -0.1) is 0 Å². The molecular weight excluding hydrogens is 264 g/mol. The first-order valence-electron chi connectivity index (χ1n) is 5.72. The van der Waals surface area contributed by atoms with Crippen LogP contribution >= 0.6 is 11.6 Å². The van der Waals surface area contributed by atoms with Crippen LogP contribution in [0.2, 0.25) is 5.02 Å². The van der Waals surface area contributed by atoms with Crippen LogP contribution in [0.1, 0.15) is 15.9 Å². The van der Waals surface area contributed by atoms with Crippen molar-refractivity contribution in [3.05, 3.63) is 52.5 Å². The van der Waals surface area contributed by atoms with E-state index in [9.17, 15) is 4.79 Å². The third kappa shape index (κ3) is 2.88. The molecule has 98 valence electrons. The van der Waals surface area contributed by atoms with Gasteiger partial charge < -0.3 is 9.47 Å². The minimum Gasteiger partial charge on any atom is -0.493 e. The number of carbonyl (C=O) groups excluding carboxylic acids is 1. The molecule has 0 atom stereocenters. The van der Waals surface area contributed by atoms with Crippen LogP contribution in [0.15, 0.2) is 36.4 Å². The fourth-order valence-corrected chi connectivity index (χ4v) is 1.92. The molecule has 0 amide bonds. The largest absolute Gasteiger partial charge is 0.493 e. The Labute approximate surface area is 116 Å². The molecule has 0 aliphatic heterocycles. The van der Waals surface area contributed by atoms with Crippen molar-refractivity contribution in [2.45, 2.75) is 6.92 Å². The highest BCUT2D eigenvalue weighted by Crippen LogP contribution is 2.37. The third-order valence-electron chi connectivity index (χ3n) is 2.66. The van der Waals surface area contributed by atoms with Crippen molar-refractivity contribution in [2.24, 2.45) is 0 Å². The Morgan fingerprint density at radius 2 is 1.95 bits per heavy atom. The van der Waals surface area contributed by atoms with Crippen LogP contribution in [0.5, 0.6) is 17.2 Å². The maximum atomic E-state index is 11.0. The van der Waals surface area contributed by atoms with Gasteiger partial charge in [0.1, 0.15) is 0 Å². The van der Waals surface area contributed by atoms with Gasteiger partial charge in [-0.1, -0.05) is 23.7 Å². The van der Waals surface area contributed by atoms with Crippen LogP contribution in [0, 0.1) is 6.92 Å². The Kier molecular flexibility index (Phi) is 4.07. The van der Waals surface area contributed by atoms with E-state index >= 15 is 0 Å². The maximum Gasteiger partial charge on any atom is 0.169 e. The quantitative estimate of drug-likeness (QED) is 0.783. The fourth-order valence-electron chi connectivity index (χ4n) is 1.70. The smallest absolute Gasteiger partial charge is 0.169 e. The molecule has 0 saturated carbocycles. The number of aryl methyl sites for hydroxylation is 1. The highest BCUT2D eigenvalue weighted by molar-refractivity contribution is 6.32. The van der Waals surface area contributed by atoms with Crippen LogP contribution in [0.4, 0.5) is 0 Å². The molecule has 0 aromatic heterocycles. The van der Waals surface area contributed by atoms with Crippen LogP contribution in [0.25, 0.3) is 0 Å². The van der Waals surface area contributed by atoms with Gasteiger partial charge in [0.15, 0.2) is 23.5 Å². The number of benzene rings is 2. The zero-order valence-corrected chi connectivity index (χ0v) is 11.4. The summed E-state index contributed by atoms with van der Waals surface area (Å²) in [5.74, 6) is 1.45. The maximum absolute atomic E-state index is 11.0. The van der Waals surface area contributed by atoms with Gasteiger partial charge in [-0.3, -0.25) is 4.79 Å². The number of methoxy groups -OCH3 is 1. The second-order valence-corrected chi connectivity index (χ2v) is 4.44. The van der Waals surface area contributed by atoms with Crippen molar-refractivity contribution >= 4 is 17.9 Å². The summed E-state index contributed by atoms with van der Waals surface area (Å²) in [6, 6.07) is 10.6. The molecule has 2 aromatic rings. The second kappa shape index (κ2) is 5.76. The summed E-state index contributed by atoms with van der Waals surface area (Å²) in [6.07, 6.45) is 0.710. The predicted octanol–water partition coefficient (Wildman–Crippen LogP) is 4.26. The SMILES string of the molecule is COc1cc(C)ccc1Oc1c(Cl)cccc1C=O. The standard InChI is InChI=1S/C15H13ClO3/c1-10-6-7-13(14(8-10)18-2)19-15-11(9-17)4-3-5-12(15)16/h3-9H,1-2H3. The van der Waals surface area contributed by atoms with Crippen molar-refractivity contribution < 1.29 is 14.3 Å². The third-order valence-corrected chi connectivity index (χ3v) is 2.95. The summed E-state index contributed by atoms with van der Waals surface area (Å²) in [5.41, 5.74) is 1.45. The molecule has 19 heavy (non-hydrogen) atoms. The van der Waals surface area contributed by atoms with Crippen LogP contribution in [-0.2, 0) is 0 Å². The number of ether oxygens (including phenoxy) is 2. The topological polar surface area (TPSA) is 35.5 Å². The molecule has 4 heteroatoms. The van der Waals surface area contributed by atoms with E-state index in [0.29, 0.717) is 34.1 Å². The first kappa shape index (κ1) is 13.4. The lowest BCUT2D eigenvalue weighted by Gasteiger charge is -2.13. The number of carbonyl (C=O) groups is 1. The van der Waals surface area contributed by atoms with Crippen LogP contribution in [0.3, 0.4) is 0 Å². The number of halogens is 1. The van der Waals surface area contributed by atoms with E-state index < -0.39 is 0 Å². The van der Waals surface area contributed by atoms with E-state index in [0.717, 1.165) is 5.56 Å². The highest BCUT2D eigenvalue weighted by Gasteiger charge is 2.12. The van der Waals surface area contributed by atoms with E-state index in [1.807, 2.05) is 19.1 Å². The van der Waals surface area contributed by atoms with Gasteiger partial charge in [0.05, 0.1) is 17.7 Å². The van der Waals surface area contributed by atoms with Crippen molar-refractivity contribution in [3.8, 4) is 17.2 Å². The Bertz CT molecular complexity index is 608. The average molecular weight is 277 g/mol. The fraction of sp³-hybridized carbons (Fsp3) is 0.133. The van der Waals surface area contributed by atoms with Crippen LogP contribution < -0.4 is 9.47 Å². The first-order chi connectivity index (χ1) is 9.15. The Morgan fingerprint density at radius 1 is 1.16 bits per heavy atom. The van der Waals surface area contributed by atoms with Gasteiger partial charge >= 0.3 is 0 Å². The van der Waals surface area contributed by atoms with Crippen molar-refractivity contribution in [2.75, 3.05) is 7.11 Å². The van der Waals surface area contributed by atoms with Gasteiger partial charge in [0.25, 0.3) is 0 Å². The lowest BCUT2D eigenvalue weighted by molar-refractivity contribution is 0.112. The molecule has 2 aromatic carbocycles. The molecule has 0 saturated heterocycles. The minimum atomic E-state index is 0.335. The second-order valence-electron chi connectivity index (χ2n) is 4.03. The van der Waals surface area contributed by atoms with Gasteiger partial charge in [0.2, 0.25) is 0 Å². The Balaban J connectivity index is 2.44. The van der Waals surface area contributed by atoms with Crippen molar-refractivity contribution in [1.29, 1.82) is 0 Å². The normalized spacial score (nSPS) is 10.1. The highest BCUT2D eigenvalue weighted by atomic mass is 35.5. The number of hydrogen-bond donors (Lipinski definition) is 0. The number of rotatable bonds is 4. The molecule has 0 spiro atoms. The number of aldehydes is 1. The predicted molar refractivity (Wildman–Crippen MR) is 74.6 cm³/mol. The number of para-hydroxylation sites is 1. The molecule has 3 nitrogen and oxygen atoms in total. The molecule has 0 fully saturated rings. The van der Waals surface area contributed by atoms with Crippen LogP contribution in [-0.4, -0.2) is 13.4 Å². The van der Waals surface area contributed by atoms with E-state index in [1.54, 1.807) is 31.4 Å². The molecule has 0 radical (unpaired) electrons.